The average Bonchev–Trinajstić information content (AvgIpc) is 3.04. The maximum absolute atomic E-state index is 10.8. The van der Waals surface area contributed by atoms with Crippen LogP contribution in [-0.4, -0.2) is 109 Å². The molecule has 4 aliphatic rings. The first kappa shape index (κ1) is 32.1. The van der Waals surface area contributed by atoms with E-state index in [4.69, 9.17) is 9.47 Å². The zero-order valence-electron chi connectivity index (χ0n) is 27.0. The number of fused-ring (bicyclic) bond motifs is 2. The van der Waals surface area contributed by atoms with E-state index in [0.29, 0.717) is 32.2 Å². The first-order valence-electron chi connectivity index (χ1n) is 17.4. The van der Waals surface area contributed by atoms with Gasteiger partial charge in [0, 0.05) is 59.0 Å². The van der Waals surface area contributed by atoms with Gasteiger partial charge in [0.1, 0.15) is 0 Å². The number of nitrogens with zero attached hydrogens (tertiary/aromatic N) is 3. The van der Waals surface area contributed by atoms with Gasteiger partial charge >= 0.3 is 0 Å². The van der Waals surface area contributed by atoms with E-state index in [2.05, 4.69) is 58.1 Å². The fourth-order valence-electron chi connectivity index (χ4n) is 7.98. The van der Waals surface area contributed by atoms with Crippen molar-refractivity contribution in [1.82, 2.24) is 14.7 Å². The fraction of sp³-hybridized carbons (Fsp3) is 0.676. The molecule has 0 amide bonds. The molecular formula is C37H55N3O4. The van der Waals surface area contributed by atoms with Gasteiger partial charge in [-0.05, 0) is 84.9 Å². The zero-order chi connectivity index (χ0) is 30.3. The summed E-state index contributed by atoms with van der Waals surface area (Å²) in [7, 11) is 2.16. The molecule has 2 fully saturated rings. The van der Waals surface area contributed by atoms with Crippen LogP contribution < -0.4 is 0 Å². The van der Waals surface area contributed by atoms with Gasteiger partial charge in [-0.25, -0.2) is 0 Å². The van der Waals surface area contributed by atoms with Crippen LogP contribution >= 0.6 is 0 Å². The minimum atomic E-state index is -0.453. The molecule has 242 valence electrons. The maximum Gasteiger partial charge on any atom is 0.0900 e. The smallest absolute Gasteiger partial charge is 0.0900 e. The number of hydrogen-bond donors (Lipinski definition) is 2. The molecule has 7 heteroatoms. The van der Waals surface area contributed by atoms with E-state index in [-0.39, 0.29) is 6.10 Å². The lowest BCUT2D eigenvalue weighted by Gasteiger charge is -2.34. The summed E-state index contributed by atoms with van der Waals surface area (Å²) in [5.74, 6) is 0.683. The van der Waals surface area contributed by atoms with Crippen molar-refractivity contribution >= 4 is 0 Å². The molecule has 2 atom stereocenters. The summed E-state index contributed by atoms with van der Waals surface area (Å²) in [4.78, 5) is 7.12. The Kier molecular flexibility index (Phi) is 11.4. The minimum absolute atomic E-state index is 0.282. The highest BCUT2D eigenvalue weighted by molar-refractivity contribution is 5.73. The molecule has 1 aliphatic carbocycles. The Morgan fingerprint density at radius 1 is 0.727 bits per heavy atom. The third kappa shape index (κ3) is 8.49. The van der Waals surface area contributed by atoms with Crippen LogP contribution in [0.3, 0.4) is 0 Å². The Labute approximate surface area is 265 Å². The monoisotopic (exact) mass is 605 g/mol. The van der Waals surface area contributed by atoms with E-state index < -0.39 is 12.2 Å². The quantitative estimate of drug-likeness (QED) is 0.369. The van der Waals surface area contributed by atoms with E-state index in [1.807, 2.05) is 0 Å². The summed E-state index contributed by atoms with van der Waals surface area (Å²) in [6, 6.07) is 13.5. The number of β-amino-alcohol motifs (C(OH)–C–C–N with tert-alkyl or cyclic N) is 2. The summed E-state index contributed by atoms with van der Waals surface area (Å²) < 4.78 is 12.0. The van der Waals surface area contributed by atoms with Crippen molar-refractivity contribution in [3.63, 3.8) is 0 Å². The second kappa shape index (κ2) is 15.6. The van der Waals surface area contributed by atoms with E-state index in [1.165, 1.54) is 65.5 Å². The van der Waals surface area contributed by atoms with E-state index in [9.17, 15) is 10.2 Å². The molecule has 3 aliphatic heterocycles. The van der Waals surface area contributed by atoms with Crippen molar-refractivity contribution in [3.8, 4) is 11.1 Å². The largest absolute Gasteiger partial charge is 0.389 e. The normalized spacial score (nSPS) is 22.4. The molecule has 44 heavy (non-hydrogen) atoms. The van der Waals surface area contributed by atoms with Gasteiger partial charge in [-0.15, -0.1) is 0 Å². The summed E-state index contributed by atoms with van der Waals surface area (Å²) in [6.07, 6.45) is 10.1. The number of rotatable bonds is 12. The molecule has 6 rings (SSSR count). The van der Waals surface area contributed by atoms with Crippen molar-refractivity contribution in [2.75, 3.05) is 66.1 Å². The van der Waals surface area contributed by atoms with Crippen molar-refractivity contribution in [3.05, 3.63) is 58.7 Å². The molecular weight excluding hydrogens is 550 g/mol. The predicted octanol–water partition coefficient (Wildman–Crippen LogP) is 4.50. The minimum Gasteiger partial charge on any atom is -0.389 e. The molecule has 1 saturated carbocycles. The Hall–Kier alpha value is -1.84. The van der Waals surface area contributed by atoms with Crippen molar-refractivity contribution < 1.29 is 19.7 Å². The van der Waals surface area contributed by atoms with Gasteiger partial charge in [0.25, 0.3) is 0 Å². The van der Waals surface area contributed by atoms with Gasteiger partial charge in [0.2, 0.25) is 0 Å². The number of aliphatic hydroxyl groups excluding tert-OH is 2. The van der Waals surface area contributed by atoms with Crippen LogP contribution in [0.2, 0.25) is 0 Å². The highest BCUT2D eigenvalue weighted by Gasteiger charge is 2.26. The summed E-state index contributed by atoms with van der Waals surface area (Å²) >= 11 is 0. The third-order valence-corrected chi connectivity index (χ3v) is 10.5. The van der Waals surface area contributed by atoms with Crippen molar-refractivity contribution in [1.29, 1.82) is 0 Å². The Morgan fingerprint density at radius 3 is 1.89 bits per heavy atom. The molecule has 7 nitrogen and oxygen atoms in total. The highest BCUT2D eigenvalue weighted by Crippen LogP contribution is 2.36. The van der Waals surface area contributed by atoms with Crippen LogP contribution in [0.15, 0.2) is 36.4 Å². The molecule has 0 spiro atoms. The lowest BCUT2D eigenvalue weighted by atomic mass is 9.85. The van der Waals surface area contributed by atoms with E-state index in [0.717, 1.165) is 71.6 Å². The molecule has 2 unspecified atom stereocenters. The van der Waals surface area contributed by atoms with Crippen molar-refractivity contribution in [2.45, 2.75) is 89.2 Å². The van der Waals surface area contributed by atoms with E-state index in [1.54, 1.807) is 0 Å². The average molecular weight is 606 g/mol. The zero-order valence-corrected chi connectivity index (χ0v) is 27.0. The molecule has 3 heterocycles. The summed E-state index contributed by atoms with van der Waals surface area (Å²) in [5.41, 5.74) is 8.42. The van der Waals surface area contributed by atoms with Gasteiger partial charge in [-0.3, -0.25) is 9.80 Å². The predicted molar refractivity (Wildman–Crippen MR) is 176 cm³/mol. The molecule has 0 radical (unpaired) electrons. The molecule has 2 aromatic rings. The van der Waals surface area contributed by atoms with Gasteiger partial charge in [0.15, 0.2) is 0 Å². The topological polar surface area (TPSA) is 68.6 Å². The number of benzene rings is 2. The van der Waals surface area contributed by atoms with Crippen LogP contribution in [0.4, 0.5) is 0 Å². The van der Waals surface area contributed by atoms with Crippen LogP contribution in [0, 0.1) is 5.92 Å². The van der Waals surface area contributed by atoms with E-state index >= 15 is 0 Å². The van der Waals surface area contributed by atoms with Gasteiger partial charge in [0.05, 0.1) is 31.5 Å². The molecule has 0 bridgehead atoms. The Balaban J connectivity index is 1.02. The number of piperidine rings is 1. The first-order chi connectivity index (χ1) is 21.5. The second-order valence-corrected chi connectivity index (χ2v) is 14.0. The fourth-order valence-corrected chi connectivity index (χ4v) is 7.98. The summed E-state index contributed by atoms with van der Waals surface area (Å²) in [5, 5.41) is 21.5. The second-order valence-electron chi connectivity index (χ2n) is 14.0. The lowest BCUT2D eigenvalue weighted by Crippen LogP contribution is -2.40. The van der Waals surface area contributed by atoms with Crippen LogP contribution in [0.5, 0.6) is 0 Å². The highest BCUT2D eigenvalue weighted by atomic mass is 16.5. The van der Waals surface area contributed by atoms with Gasteiger partial charge < -0.3 is 24.6 Å². The SMILES string of the molecule is CN1CCC(OCC(O)CN2CCc3c(cccc3-c3cccc4c3CCN(CC(O)COCC3CCCCC3)C4)C2)CC1. The van der Waals surface area contributed by atoms with Crippen molar-refractivity contribution in [2.24, 2.45) is 5.92 Å². The number of aliphatic hydroxyl groups is 2. The Bertz CT molecular complexity index is 1190. The molecule has 2 aromatic carbocycles. The number of hydrogen-bond acceptors (Lipinski definition) is 7. The van der Waals surface area contributed by atoms with Gasteiger partial charge in [-0.2, -0.15) is 0 Å². The molecule has 0 aromatic heterocycles. The lowest BCUT2D eigenvalue weighted by molar-refractivity contribution is -0.0414. The maximum atomic E-state index is 10.8. The van der Waals surface area contributed by atoms with Crippen LogP contribution in [0.25, 0.3) is 11.1 Å². The number of ether oxygens (including phenoxy) is 2. The molecule has 2 N–H and O–H groups in total. The Morgan fingerprint density at radius 2 is 1.30 bits per heavy atom. The third-order valence-electron chi connectivity index (χ3n) is 10.5. The molecule has 1 saturated heterocycles. The first-order valence-corrected chi connectivity index (χ1v) is 17.4. The summed E-state index contributed by atoms with van der Waals surface area (Å²) in [6.45, 7) is 8.82. The van der Waals surface area contributed by atoms with Gasteiger partial charge in [-0.1, -0.05) is 55.7 Å². The number of likely N-dealkylation sites (tertiary alicyclic amines) is 1. The van der Waals surface area contributed by atoms with Crippen LogP contribution in [0.1, 0.15) is 67.2 Å². The van der Waals surface area contributed by atoms with Crippen LogP contribution in [-0.2, 0) is 35.4 Å². The standard InChI is InChI=1S/C37H55N3O4/c1-38-17-13-33(14-18-38)44-27-32(42)24-40-20-16-35-30(22-40)10-6-12-37(35)36-11-5-9-29-21-39(19-15-34(29)36)23-31(41)26-43-25-28-7-3-2-4-8-28/h5-6,9-12,28,31-33,41-42H,2-4,7-8,13-27H2,1H3.